The van der Waals surface area contributed by atoms with Gasteiger partial charge in [-0.25, -0.2) is 0 Å². The van der Waals surface area contributed by atoms with Gasteiger partial charge >= 0.3 is 0 Å². The highest BCUT2D eigenvalue weighted by Gasteiger charge is 2.19. The molecule has 1 heterocycles. The van der Waals surface area contributed by atoms with Crippen molar-refractivity contribution in [2.24, 2.45) is 0 Å². The maximum atomic E-state index is 12.3. The molecular weight excluding hydrogens is 350 g/mol. The SMILES string of the molecule is Cc1cccc(NC(=O)CCN2CCN(C(=O)/C=C/c3ccccc3)CC2)c1. The molecule has 1 fully saturated rings. The van der Waals surface area contributed by atoms with E-state index in [-0.39, 0.29) is 11.8 Å². The summed E-state index contributed by atoms with van der Waals surface area (Å²) in [5, 5.41) is 2.94. The zero-order chi connectivity index (χ0) is 19.8. The summed E-state index contributed by atoms with van der Waals surface area (Å²) in [7, 11) is 0. The fourth-order valence-corrected chi connectivity index (χ4v) is 3.23. The largest absolute Gasteiger partial charge is 0.337 e. The van der Waals surface area contributed by atoms with Gasteiger partial charge < -0.3 is 10.2 Å². The smallest absolute Gasteiger partial charge is 0.246 e. The number of anilines is 1. The van der Waals surface area contributed by atoms with Crippen molar-refractivity contribution in [3.05, 3.63) is 71.8 Å². The zero-order valence-corrected chi connectivity index (χ0v) is 16.3. The summed E-state index contributed by atoms with van der Waals surface area (Å²) in [6, 6.07) is 17.6. The fourth-order valence-electron chi connectivity index (χ4n) is 3.23. The Hall–Kier alpha value is -2.92. The predicted octanol–water partition coefficient (Wildman–Crippen LogP) is 3.18. The van der Waals surface area contributed by atoms with Crippen molar-refractivity contribution in [2.45, 2.75) is 13.3 Å². The number of nitrogens with one attached hydrogen (secondary N) is 1. The first-order valence-electron chi connectivity index (χ1n) is 9.71. The van der Waals surface area contributed by atoms with Crippen LogP contribution in [0, 0.1) is 6.92 Å². The summed E-state index contributed by atoms with van der Waals surface area (Å²) in [5.74, 6) is 0.0654. The van der Waals surface area contributed by atoms with E-state index in [1.54, 1.807) is 6.08 Å². The van der Waals surface area contributed by atoms with Crippen LogP contribution in [0.4, 0.5) is 5.69 Å². The molecular formula is C23H27N3O2. The number of nitrogens with zero attached hydrogens (tertiary/aromatic N) is 2. The van der Waals surface area contributed by atoms with E-state index in [0.29, 0.717) is 26.1 Å². The molecule has 28 heavy (non-hydrogen) atoms. The topological polar surface area (TPSA) is 52.7 Å². The van der Waals surface area contributed by atoms with Crippen molar-refractivity contribution in [1.29, 1.82) is 0 Å². The first kappa shape index (κ1) is 19.8. The minimum absolute atomic E-state index is 0.0231. The van der Waals surface area contributed by atoms with Crippen molar-refractivity contribution < 1.29 is 9.59 Å². The molecule has 0 radical (unpaired) electrons. The first-order valence-corrected chi connectivity index (χ1v) is 9.71. The Morgan fingerprint density at radius 2 is 1.75 bits per heavy atom. The molecule has 0 atom stereocenters. The van der Waals surface area contributed by atoms with E-state index >= 15 is 0 Å². The number of hydrogen-bond donors (Lipinski definition) is 1. The molecule has 0 aromatic heterocycles. The summed E-state index contributed by atoms with van der Waals surface area (Å²) < 4.78 is 0. The van der Waals surface area contributed by atoms with Gasteiger partial charge in [0.25, 0.3) is 0 Å². The normalized spacial score (nSPS) is 15.0. The lowest BCUT2D eigenvalue weighted by Crippen LogP contribution is -2.48. The molecule has 0 aliphatic carbocycles. The standard InChI is InChI=1S/C23H27N3O2/c1-19-6-5-9-21(18-19)24-22(27)12-13-25-14-16-26(17-15-25)23(28)11-10-20-7-3-2-4-8-20/h2-11,18H,12-17H2,1H3,(H,24,27)/b11-10+. The van der Waals surface area contributed by atoms with E-state index < -0.39 is 0 Å². The summed E-state index contributed by atoms with van der Waals surface area (Å²) in [6.45, 7) is 5.69. The second kappa shape index (κ2) is 9.85. The quantitative estimate of drug-likeness (QED) is 0.787. The Labute approximate surface area is 166 Å². The number of benzene rings is 2. The molecule has 1 aliphatic heterocycles. The van der Waals surface area contributed by atoms with Gasteiger partial charge in [-0.3, -0.25) is 14.5 Å². The van der Waals surface area contributed by atoms with Gasteiger partial charge in [-0.2, -0.15) is 0 Å². The molecule has 1 aliphatic rings. The van der Waals surface area contributed by atoms with Gasteiger partial charge in [-0.1, -0.05) is 42.5 Å². The number of hydrogen-bond acceptors (Lipinski definition) is 3. The molecule has 146 valence electrons. The average Bonchev–Trinajstić information content (AvgIpc) is 2.72. The third-order valence-electron chi connectivity index (χ3n) is 4.86. The molecule has 3 rings (SSSR count). The molecule has 0 saturated carbocycles. The van der Waals surface area contributed by atoms with Gasteiger partial charge in [0.1, 0.15) is 0 Å². The van der Waals surface area contributed by atoms with Crippen LogP contribution in [0.25, 0.3) is 6.08 Å². The highest BCUT2D eigenvalue weighted by Crippen LogP contribution is 2.10. The molecule has 2 aromatic rings. The number of carbonyl (C=O) groups excluding carboxylic acids is 2. The number of amides is 2. The lowest BCUT2D eigenvalue weighted by molar-refractivity contribution is -0.128. The van der Waals surface area contributed by atoms with Crippen LogP contribution in [-0.2, 0) is 9.59 Å². The zero-order valence-electron chi connectivity index (χ0n) is 16.3. The molecule has 0 spiro atoms. The van der Waals surface area contributed by atoms with Crippen LogP contribution in [0.5, 0.6) is 0 Å². The number of aryl methyl sites for hydroxylation is 1. The van der Waals surface area contributed by atoms with Crippen LogP contribution < -0.4 is 5.32 Å². The predicted molar refractivity (Wildman–Crippen MR) is 113 cm³/mol. The minimum atomic E-state index is 0.0231. The van der Waals surface area contributed by atoms with Crippen LogP contribution in [-0.4, -0.2) is 54.3 Å². The molecule has 0 unspecified atom stereocenters. The van der Waals surface area contributed by atoms with Gasteiger partial charge in [0, 0.05) is 50.9 Å². The van der Waals surface area contributed by atoms with Gasteiger partial charge in [0.05, 0.1) is 0 Å². The van der Waals surface area contributed by atoms with E-state index in [9.17, 15) is 9.59 Å². The third kappa shape index (κ3) is 6.06. The molecule has 5 heteroatoms. The van der Waals surface area contributed by atoms with Gasteiger partial charge in [0.15, 0.2) is 0 Å². The number of rotatable bonds is 6. The Balaban J connectivity index is 1.38. The van der Waals surface area contributed by atoms with E-state index in [1.165, 1.54) is 0 Å². The summed E-state index contributed by atoms with van der Waals surface area (Å²) in [5.41, 5.74) is 2.99. The van der Waals surface area contributed by atoms with Crippen LogP contribution >= 0.6 is 0 Å². The highest BCUT2D eigenvalue weighted by molar-refractivity contribution is 5.92. The van der Waals surface area contributed by atoms with E-state index in [1.807, 2.05) is 72.5 Å². The molecule has 5 nitrogen and oxygen atoms in total. The maximum Gasteiger partial charge on any atom is 0.246 e. The van der Waals surface area contributed by atoms with E-state index in [4.69, 9.17) is 0 Å². The monoisotopic (exact) mass is 377 g/mol. The number of piperazine rings is 1. The van der Waals surface area contributed by atoms with Crippen LogP contribution in [0.15, 0.2) is 60.7 Å². The van der Waals surface area contributed by atoms with Crippen LogP contribution in [0.3, 0.4) is 0 Å². The fraction of sp³-hybridized carbons (Fsp3) is 0.304. The lowest BCUT2D eigenvalue weighted by atomic mass is 10.2. The second-order valence-corrected chi connectivity index (χ2v) is 7.08. The third-order valence-corrected chi connectivity index (χ3v) is 4.86. The van der Waals surface area contributed by atoms with Crippen molar-refractivity contribution in [3.63, 3.8) is 0 Å². The van der Waals surface area contributed by atoms with Gasteiger partial charge in [-0.05, 0) is 36.3 Å². The maximum absolute atomic E-state index is 12.3. The van der Waals surface area contributed by atoms with Crippen molar-refractivity contribution in [2.75, 3.05) is 38.0 Å². The first-order chi connectivity index (χ1) is 13.6. The molecule has 0 bridgehead atoms. The molecule has 2 amide bonds. The van der Waals surface area contributed by atoms with Crippen molar-refractivity contribution in [3.8, 4) is 0 Å². The Kier molecular flexibility index (Phi) is 6.98. The molecule has 2 aromatic carbocycles. The highest BCUT2D eigenvalue weighted by atomic mass is 16.2. The average molecular weight is 377 g/mol. The van der Waals surface area contributed by atoms with Crippen molar-refractivity contribution in [1.82, 2.24) is 9.80 Å². The Bertz CT molecular complexity index is 825. The summed E-state index contributed by atoms with van der Waals surface area (Å²) in [4.78, 5) is 28.6. The Morgan fingerprint density at radius 1 is 1.00 bits per heavy atom. The van der Waals surface area contributed by atoms with Crippen LogP contribution in [0.2, 0.25) is 0 Å². The summed E-state index contributed by atoms with van der Waals surface area (Å²) >= 11 is 0. The number of carbonyl (C=O) groups is 2. The van der Waals surface area contributed by atoms with Gasteiger partial charge in [-0.15, -0.1) is 0 Å². The van der Waals surface area contributed by atoms with E-state index in [2.05, 4.69) is 10.2 Å². The van der Waals surface area contributed by atoms with E-state index in [0.717, 1.165) is 29.9 Å². The lowest BCUT2D eigenvalue weighted by Gasteiger charge is -2.34. The second-order valence-electron chi connectivity index (χ2n) is 7.08. The van der Waals surface area contributed by atoms with Gasteiger partial charge in [0.2, 0.25) is 11.8 Å². The molecule has 1 saturated heterocycles. The van der Waals surface area contributed by atoms with Crippen LogP contribution in [0.1, 0.15) is 17.5 Å². The molecule has 1 N–H and O–H groups in total. The summed E-state index contributed by atoms with van der Waals surface area (Å²) in [6.07, 6.45) is 3.94. The van der Waals surface area contributed by atoms with Crippen molar-refractivity contribution >= 4 is 23.6 Å². The Morgan fingerprint density at radius 3 is 2.46 bits per heavy atom. The minimum Gasteiger partial charge on any atom is -0.337 e.